The molecule has 1 aromatic carbocycles. The van der Waals surface area contributed by atoms with Gasteiger partial charge in [-0.3, -0.25) is 9.48 Å². The smallest absolute Gasteiger partial charge is 0.291 e. The van der Waals surface area contributed by atoms with Crippen molar-refractivity contribution in [1.82, 2.24) is 9.78 Å². The molecule has 0 aliphatic rings. The number of hydrogen-bond donors (Lipinski definition) is 2. The summed E-state index contributed by atoms with van der Waals surface area (Å²) < 4.78 is 29.5. The van der Waals surface area contributed by atoms with E-state index in [0.29, 0.717) is 18.0 Å². The first-order chi connectivity index (χ1) is 11.4. The standard InChI is InChI=1S/C15H14N4O4S/c16-24(21,22)13-5-2-11(3-6-13)18-15(20)14-7-4-12(23-14)10-19-9-1-8-17-19/h1-9H,10H2,(H,18,20)(H2,16,21,22). The number of amides is 1. The van der Waals surface area contributed by atoms with Gasteiger partial charge in [-0.2, -0.15) is 5.10 Å². The third-order valence-electron chi connectivity index (χ3n) is 3.20. The summed E-state index contributed by atoms with van der Waals surface area (Å²) in [6.07, 6.45) is 3.44. The fraction of sp³-hybridized carbons (Fsp3) is 0.0667. The van der Waals surface area contributed by atoms with Gasteiger partial charge in [-0.1, -0.05) is 0 Å². The Morgan fingerprint density at radius 3 is 2.58 bits per heavy atom. The lowest BCUT2D eigenvalue weighted by atomic mass is 10.3. The lowest BCUT2D eigenvalue weighted by molar-refractivity contribution is 0.0994. The van der Waals surface area contributed by atoms with Gasteiger partial charge in [-0.15, -0.1) is 0 Å². The third kappa shape index (κ3) is 3.70. The Bertz CT molecular complexity index is 944. The highest BCUT2D eigenvalue weighted by Gasteiger charge is 2.13. The summed E-state index contributed by atoms with van der Waals surface area (Å²) >= 11 is 0. The zero-order valence-corrected chi connectivity index (χ0v) is 13.2. The molecule has 3 N–H and O–H groups in total. The highest BCUT2D eigenvalue weighted by atomic mass is 32.2. The SMILES string of the molecule is NS(=O)(=O)c1ccc(NC(=O)c2ccc(Cn3cccn3)o2)cc1. The number of carbonyl (C=O) groups excluding carboxylic acids is 1. The predicted molar refractivity (Wildman–Crippen MR) is 85.8 cm³/mol. The molecule has 0 aliphatic heterocycles. The number of benzene rings is 1. The Morgan fingerprint density at radius 2 is 1.96 bits per heavy atom. The largest absolute Gasteiger partial charge is 0.454 e. The van der Waals surface area contributed by atoms with E-state index in [1.807, 2.05) is 0 Å². The van der Waals surface area contributed by atoms with Crippen molar-refractivity contribution in [3.05, 3.63) is 66.4 Å². The molecule has 24 heavy (non-hydrogen) atoms. The molecular weight excluding hydrogens is 332 g/mol. The first-order valence-corrected chi connectivity index (χ1v) is 8.47. The molecule has 3 aromatic rings. The topological polar surface area (TPSA) is 120 Å². The van der Waals surface area contributed by atoms with Gasteiger partial charge in [0.15, 0.2) is 5.76 Å². The first-order valence-electron chi connectivity index (χ1n) is 6.92. The maximum Gasteiger partial charge on any atom is 0.291 e. The van der Waals surface area contributed by atoms with Crippen molar-refractivity contribution in [1.29, 1.82) is 0 Å². The lowest BCUT2D eigenvalue weighted by Gasteiger charge is -2.04. The van der Waals surface area contributed by atoms with Gasteiger partial charge in [0, 0.05) is 18.1 Å². The van der Waals surface area contributed by atoms with Crippen LogP contribution in [0.5, 0.6) is 0 Å². The molecule has 9 heteroatoms. The van der Waals surface area contributed by atoms with E-state index in [9.17, 15) is 13.2 Å². The van der Waals surface area contributed by atoms with E-state index < -0.39 is 15.9 Å². The molecule has 0 atom stereocenters. The van der Waals surface area contributed by atoms with Gasteiger partial charge in [-0.25, -0.2) is 13.6 Å². The fourth-order valence-electron chi connectivity index (χ4n) is 2.06. The first kappa shape index (κ1) is 16.0. The summed E-state index contributed by atoms with van der Waals surface area (Å²) in [6.45, 7) is 0.420. The Balaban J connectivity index is 1.68. The Morgan fingerprint density at radius 1 is 1.21 bits per heavy atom. The number of nitrogens with zero attached hydrogens (tertiary/aromatic N) is 2. The minimum Gasteiger partial charge on any atom is -0.454 e. The maximum atomic E-state index is 12.1. The summed E-state index contributed by atoms with van der Waals surface area (Å²) in [5, 5.41) is 11.7. The van der Waals surface area contributed by atoms with E-state index >= 15 is 0 Å². The van der Waals surface area contributed by atoms with Crippen LogP contribution in [0.25, 0.3) is 0 Å². The zero-order chi connectivity index (χ0) is 17.2. The van der Waals surface area contributed by atoms with Crippen LogP contribution in [-0.4, -0.2) is 24.1 Å². The van der Waals surface area contributed by atoms with E-state index in [2.05, 4.69) is 10.4 Å². The molecule has 124 valence electrons. The highest BCUT2D eigenvalue weighted by Crippen LogP contribution is 2.15. The Kier molecular flexibility index (Phi) is 4.19. The van der Waals surface area contributed by atoms with Crippen LogP contribution in [0.2, 0.25) is 0 Å². The number of sulfonamides is 1. The van der Waals surface area contributed by atoms with Gasteiger partial charge in [0.25, 0.3) is 5.91 Å². The van der Waals surface area contributed by atoms with Crippen molar-refractivity contribution < 1.29 is 17.6 Å². The Hall–Kier alpha value is -2.91. The molecule has 0 unspecified atom stereocenters. The maximum absolute atomic E-state index is 12.1. The van der Waals surface area contributed by atoms with Crippen molar-refractivity contribution in [2.45, 2.75) is 11.4 Å². The van der Waals surface area contributed by atoms with Crippen LogP contribution in [0.1, 0.15) is 16.3 Å². The van der Waals surface area contributed by atoms with E-state index in [1.54, 1.807) is 35.3 Å². The van der Waals surface area contributed by atoms with Crippen molar-refractivity contribution in [3.8, 4) is 0 Å². The van der Waals surface area contributed by atoms with E-state index in [0.717, 1.165) is 0 Å². The highest BCUT2D eigenvalue weighted by molar-refractivity contribution is 7.89. The number of primary sulfonamides is 1. The number of anilines is 1. The number of carbonyl (C=O) groups is 1. The summed E-state index contributed by atoms with van der Waals surface area (Å²) in [5.74, 6) is 0.297. The van der Waals surface area contributed by atoms with Crippen molar-refractivity contribution in [2.24, 2.45) is 5.14 Å². The molecule has 0 spiro atoms. The summed E-state index contributed by atoms with van der Waals surface area (Å²) in [6, 6.07) is 10.6. The van der Waals surface area contributed by atoms with Gasteiger partial charge < -0.3 is 9.73 Å². The number of nitrogens with two attached hydrogens (primary N) is 1. The summed E-state index contributed by atoms with van der Waals surface area (Å²) in [4.78, 5) is 12.1. The molecule has 0 saturated heterocycles. The molecule has 0 saturated carbocycles. The molecular formula is C15H14N4O4S. The Labute approximate surface area is 137 Å². The second-order valence-corrected chi connectivity index (χ2v) is 6.55. The van der Waals surface area contributed by atoms with Crippen LogP contribution in [0.3, 0.4) is 0 Å². The third-order valence-corrected chi connectivity index (χ3v) is 4.13. The molecule has 2 heterocycles. The number of furan rings is 1. The number of rotatable bonds is 5. The molecule has 0 bridgehead atoms. The molecule has 3 rings (SSSR count). The fourth-order valence-corrected chi connectivity index (χ4v) is 2.57. The molecule has 8 nitrogen and oxygen atoms in total. The van der Waals surface area contributed by atoms with Crippen LogP contribution in [0.15, 0.2) is 64.2 Å². The molecule has 2 aromatic heterocycles. The number of hydrogen-bond acceptors (Lipinski definition) is 5. The average molecular weight is 346 g/mol. The van der Waals surface area contributed by atoms with Crippen LogP contribution >= 0.6 is 0 Å². The quantitative estimate of drug-likeness (QED) is 0.724. The van der Waals surface area contributed by atoms with E-state index in [4.69, 9.17) is 9.56 Å². The average Bonchev–Trinajstić information content (AvgIpc) is 3.19. The number of aromatic nitrogens is 2. The van der Waals surface area contributed by atoms with Crippen LogP contribution in [0.4, 0.5) is 5.69 Å². The van der Waals surface area contributed by atoms with Crippen LogP contribution in [-0.2, 0) is 16.6 Å². The molecule has 0 aliphatic carbocycles. The van der Waals surface area contributed by atoms with Gasteiger partial charge in [0.2, 0.25) is 10.0 Å². The van der Waals surface area contributed by atoms with Gasteiger partial charge in [0.1, 0.15) is 5.76 Å². The summed E-state index contributed by atoms with van der Waals surface area (Å²) in [7, 11) is -3.76. The van der Waals surface area contributed by atoms with Crippen LogP contribution < -0.4 is 10.5 Å². The van der Waals surface area contributed by atoms with E-state index in [1.165, 1.54) is 24.3 Å². The number of nitrogens with one attached hydrogen (secondary N) is 1. The molecule has 0 radical (unpaired) electrons. The zero-order valence-electron chi connectivity index (χ0n) is 12.4. The predicted octanol–water partition coefficient (Wildman–Crippen LogP) is 1.42. The molecule has 1 amide bonds. The van der Waals surface area contributed by atoms with Gasteiger partial charge >= 0.3 is 0 Å². The van der Waals surface area contributed by atoms with E-state index in [-0.39, 0.29) is 10.7 Å². The van der Waals surface area contributed by atoms with Crippen molar-refractivity contribution >= 4 is 21.6 Å². The van der Waals surface area contributed by atoms with Gasteiger partial charge in [-0.05, 0) is 42.5 Å². The lowest BCUT2D eigenvalue weighted by Crippen LogP contribution is -2.13. The second-order valence-electron chi connectivity index (χ2n) is 4.99. The van der Waals surface area contributed by atoms with Crippen molar-refractivity contribution in [2.75, 3.05) is 5.32 Å². The normalized spacial score (nSPS) is 11.4. The van der Waals surface area contributed by atoms with Gasteiger partial charge in [0.05, 0.1) is 11.4 Å². The minimum absolute atomic E-state index is 0.0278. The van der Waals surface area contributed by atoms with Crippen molar-refractivity contribution in [3.63, 3.8) is 0 Å². The molecule has 0 fully saturated rings. The minimum atomic E-state index is -3.76. The van der Waals surface area contributed by atoms with Crippen LogP contribution in [0, 0.1) is 0 Å². The second kappa shape index (κ2) is 6.30. The summed E-state index contributed by atoms with van der Waals surface area (Å²) in [5.41, 5.74) is 0.428. The monoisotopic (exact) mass is 346 g/mol.